The minimum absolute atomic E-state index is 0.0237. The number of rotatable bonds is 13. The molecule has 1 aromatic carbocycles. The lowest BCUT2D eigenvalue weighted by molar-refractivity contribution is -0.155. The fourth-order valence-electron chi connectivity index (χ4n) is 4.58. The first-order valence-electron chi connectivity index (χ1n) is 13.8. The summed E-state index contributed by atoms with van der Waals surface area (Å²) in [6, 6.07) is 12.6. The van der Waals surface area contributed by atoms with E-state index in [-0.39, 0.29) is 18.0 Å². The number of amides is 3. The highest BCUT2D eigenvalue weighted by molar-refractivity contribution is 6.51. The van der Waals surface area contributed by atoms with Gasteiger partial charge in [-0.3, -0.25) is 24.0 Å². The molecule has 1 fully saturated rings. The molecule has 0 aliphatic carbocycles. The first-order valence-corrected chi connectivity index (χ1v) is 13.8. The fourth-order valence-corrected chi connectivity index (χ4v) is 4.58. The summed E-state index contributed by atoms with van der Waals surface area (Å²) in [5, 5.41) is 25.1. The number of carbonyl (C=O) groups is 5. The number of aliphatic hydroxyl groups excluding tert-OH is 1. The van der Waals surface area contributed by atoms with Crippen molar-refractivity contribution < 1.29 is 43.5 Å². The van der Waals surface area contributed by atoms with Gasteiger partial charge < -0.3 is 35.1 Å². The number of nitrogens with one attached hydrogen (secondary N) is 2. The van der Waals surface area contributed by atoms with Crippen LogP contribution in [-0.2, 0) is 28.5 Å². The van der Waals surface area contributed by atoms with Gasteiger partial charge in [-0.2, -0.15) is 0 Å². The number of aromatic nitrogens is 1. The van der Waals surface area contributed by atoms with E-state index in [1.54, 1.807) is 12.1 Å². The molecule has 0 bridgehead atoms. The van der Waals surface area contributed by atoms with E-state index >= 15 is 0 Å². The molecule has 1 aromatic heterocycles. The molecule has 1 aliphatic heterocycles. The summed E-state index contributed by atoms with van der Waals surface area (Å²) >= 11 is 0. The Balaban J connectivity index is 1.80. The van der Waals surface area contributed by atoms with Crippen LogP contribution in [0.3, 0.4) is 0 Å². The molecular formula is C29H37BN4O9. The zero-order chi connectivity index (χ0) is 31.9. The molecule has 43 heavy (non-hydrogen) atoms. The lowest BCUT2D eigenvalue weighted by Crippen LogP contribution is -2.58. The van der Waals surface area contributed by atoms with Crippen LogP contribution < -0.4 is 10.6 Å². The zero-order valence-electron chi connectivity index (χ0n) is 24.8. The summed E-state index contributed by atoms with van der Waals surface area (Å²) in [6.45, 7) is 5.01. The first-order chi connectivity index (χ1) is 20.2. The van der Waals surface area contributed by atoms with Crippen molar-refractivity contribution in [3.05, 3.63) is 54.2 Å². The summed E-state index contributed by atoms with van der Waals surface area (Å²) in [7, 11) is 1.48. The first kappa shape index (κ1) is 33.2. The summed E-state index contributed by atoms with van der Waals surface area (Å²) in [5.41, 5.74) is -0.738. The maximum Gasteiger partial charge on any atom is 0.552 e. The Morgan fingerprint density at radius 2 is 1.67 bits per heavy atom. The smallest absolute Gasteiger partial charge is 0.506 e. The van der Waals surface area contributed by atoms with Crippen LogP contribution in [0.25, 0.3) is 11.3 Å². The molecule has 4 N–H and O–H groups in total. The fraction of sp³-hybridized carbons (Fsp3) is 0.448. The molecule has 0 saturated carbocycles. The van der Waals surface area contributed by atoms with Crippen molar-refractivity contribution in [3.63, 3.8) is 0 Å². The van der Waals surface area contributed by atoms with E-state index in [1.807, 2.05) is 44.2 Å². The van der Waals surface area contributed by atoms with Gasteiger partial charge in [0.05, 0.1) is 30.6 Å². The highest BCUT2D eigenvalue weighted by atomic mass is 16.7. The minimum Gasteiger partial charge on any atom is -0.506 e. The SMILES string of the molecule is CC(C)C[C@H](NC(=O)[C@@H](NC(=O)c1cccc(-c2ccccc2)n1)[C@@H](C)O)B1OC(=O)C(CC(=O)O)(CC(=O)N(C)C)O1. The molecule has 1 saturated heterocycles. The van der Waals surface area contributed by atoms with Crippen LogP contribution in [0.15, 0.2) is 48.5 Å². The summed E-state index contributed by atoms with van der Waals surface area (Å²) in [6.07, 6.45) is -2.52. The molecule has 13 nitrogen and oxygen atoms in total. The molecular weight excluding hydrogens is 559 g/mol. The third kappa shape index (κ3) is 8.61. The molecule has 230 valence electrons. The minimum atomic E-state index is -2.09. The van der Waals surface area contributed by atoms with Crippen molar-refractivity contribution in [2.45, 2.75) is 63.7 Å². The maximum absolute atomic E-state index is 13.4. The van der Waals surface area contributed by atoms with Crippen molar-refractivity contribution in [1.82, 2.24) is 20.5 Å². The van der Waals surface area contributed by atoms with Gasteiger partial charge in [-0.1, -0.05) is 50.2 Å². The van der Waals surface area contributed by atoms with Crippen LogP contribution in [0.5, 0.6) is 0 Å². The van der Waals surface area contributed by atoms with Gasteiger partial charge in [0.2, 0.25) is 11.8 Å². The zero-order valence-corrected chi connectivity index (χ0v) is 24.8. The average Bonchev–Trinajstić information content (AvgIpc) is 3.25. The van der Waals surface area contributed by atoms with Gasteiger partial charge in [0.15, 0.2) is 5.60 Å². The van der Waals surface area contributed by atoms with Crippen LogP contribution in [0.4, 0.5) is 0 Å². The van der Waals surface area contributed by atoms with Crippen LogP contribution >= 0.6 is 0 Å². The van der Waals surface area contributed by atoms with Gasteiger partial charge in [-0.05, 0) is 31.4 Å². The molecule has 1 aliphatic rings. The Hall–Kier alpha value is -4.30. The van der Waals surface area contributed by atoms with Gasteiger partial charge in [-0.15, -0.1) is 0 Å². The number of carboxylic acids is 1. The van der Waals surface area contributed by atoms with Crippen molar-refractivity contribution in [3.8, 4) is 11.3 Å². The van der Waals surface area contributed by atoms with Crippen LogP contribution in [0.2, 0.25) is 0 Å². The Bertz CT molecular complexity index is 1340. The van der Waals surface area contributed by atoms with E-state index in [4.69, 9.17) is 9.31 Å². The third-order valence-electron chi connectivity index (χ3n) is 6.79. The maximum atomic E-state index is 13.4. The monoisotopic (exact) mass is 596 g/mol. The Morgan fingerprint density at radius 3 is 2.26 bits per heavy atom. The Morgan fingerprint density at radius 1 is 1.00 bits per heavy atom. The number of carboxylic acid groups (broad SMARTS) is 1. The molecule has 14 heteroatoms. The van der Waals surface area contributed by atoms with E-state index in [1.165, 1.54) is 32.0 Å². The topological polar surface area (TPSA) is 184 Å². The number of aliphatic carboxylic acids is 1. The molecule has 4 atom stereocenters. The Kier molecular flexibility index (Phi) is 11.0. The number of nitrogens with zero attached hydrogens (tertiary/aromatic N) is 2. The van der Waals surface area contributed by atoms with Crippen molar-refractivity contribution in [2.75, 3.05) is 14.1 Å². The number of benzene rings is 1. The van der Waals surface area contributed by atoms with E-state index in [2.05, 4.69) is 15.6 Å². The van der Waals surface area contributed by atoms with Gasteiger partial charge in [-0.25, -0.2) is 4.98 Å². The normalized spacial score (nSPS) is 18.4. The number of carbonyl (C=O) groups excluding carboxylic acids is 4. The molecule has 3 amide bonds. The summed E-state index contributed by atoms with van der Waals surface area (Å²) in [4.78, 5) is 69.1. The van der Waals surface area contributed by atoms with Crippen LogP contribution in [0, 0.1) is 5.92 Å². The predicted octanol–water partition coefficient (Wildman–Crippen LogP) is 1.05. The lowest BCUT2D eigenvalue weighted by atomic mass is 9.73. The largest absolute Gasteiger partial charge is 0.552 e. The molecule has 2 heterocycles. The van der Waals surface area contributed by atoms with Gasteiger partial charge >= 0.3 is 19.1 Å². The quantitative estimate of drug-likeness (QED) is 0.244. The molecule has 0 radical (unpaired) electrons. The van der Waals surface area contributed by atoms with Gasteiger partial charge in [0, 0.05) is 19.7 Å². The number of aliphatic hydroxyl groups is 1. The van der Waals surface area contributed by atoms with E-state index < -0.39 is 73.3 Å². The van der Waals surface area contributed by atoms with E-state index in [0.29, 0.717) is 5.69 Å². The Labute approximate surface area is 250 Å². The molecule has 1 unspecified atom stereocenters. The third-order valence-corrected chi connectivity index (χ3v) is 6.79. The van der Waals surface area contributed by atoms with E-state index in [9.17, 15) is 34.2 Å². The van der Waals surface area contributed by atoms with Crippen LogP contribution in [0.1, 0.15) is 50.5 Å². The molecule has 3 rings (SSSR count). The second kappa shape index (κ2) is 14.3. The number of pyridine rings is 1. The highest BCUT2D eigenvalue weighted by Crippen LogP contribution is 2.33. The second-order valence-electron chi connectivity index (χ2n) is 11.1. The number of hydrogen-bond acceptors (Lipinski definition) is 9. The van der Waals surface area contributed by atoms with Gasteiger partial charge in [0.1, 0.15) is 11.7 Å². The van der Waals surface area contributed by atoms with Crippen molar-refractivity contribution in [2.24, 2.45) is 5.92 Å². The lowest BCUT2D eigenvalue weighted by Gasteiger charge is -2.28. The van der Waals surface area contributed by atoms with Crippen molar-refractivity contribution in [1.29, 1.82) is 0 Å². The standard InChI is InChI=1S/C29H37BN4O9/c1-17(2)14-22(30-42-28(41)29(43-30,16-24(37)38)15-23(36)34(4)5)32-27(40)25(18(3)35)33-26(39)21-13-9-12-20(31-21)19-10-7-6-8-11-19/h6-13,17-18,22,25,35H,14-16H2,1-5H3,(H,32,40)(H,33,39)(H,37,38)/t18-,22+,25+,29?/m1/s1. The summed E-state index contributed by atoms with van der Waals surface area (Å²) < 4.78 is 11.2. The summed E-state index contributed by atoms with van der Waals surface area (Å²) in [5.74, 6) is -5.53. The van der Waals surface area contributed by atoms with Crippen molar-refractivity contribution >= 4 is 36.8 Å². The molecule has 0 spiro atoms. The average molecular weight is 596 g/mol. The molecule has 2 aromatic rings. The van der Waals surface area contributed by atoms with E-state index in [0.717, 1.165) is 5.56 Å². The predicted molar refractivity (Wildman–Crippen MR) is 155 cm³/mol. The number of hydrogen-bond donors (Lipinski definition) is 4. The highest BCUT2D eigenvalue weighted by Gasteiger charge is 2.58. The second-order valence-corrected chi connectivity index (χ2v) is 11.1. The van der Waals surface area contributed by atoms with Gasteiger partial charge in [0.25, 0.3) is 5.91 Å². The van der Waals surface area contributed by atoms with Crippen LogP contribution in [-0.4, -0.2) is 94.7 Å².